The van der Waals surface area contributed by atoms with Crippen molar-refractivity contribution < 1.29 is 4.42 Å². The third-order valence-corrected chi connectivity index (χ3v) is 4.31. The zero-order chi connectivity index (χ0) is 11.9. The predicted octanol–water partition coefficient (Wildman–Crippen LogP) is 2.02. The molecule has 2 aliphatic rings. The van der Waals surface area contributed by atoms with Crippen LogP contribution in [-0.4, -0.2) is 30.7 Å². The zero-order valence-corrected chi connectivity index (χ0v) is 10.3. The molecule has 2 aromatic heterocycles. The van der Waals surface area contributed by atoms with Gasteiger partial charge in [-0.1, -0.05) is 0 Å². The Kier molecular flexibility index (Phi) is 2.30. The SMILES string of the molecule is c1cc2ncc(N3CC[C@@H]4NCC[C@@H]4C3)cc2o1. The highest BCUT2D eigenvalue weighted by molar-refractivity contribution is 5.76. The lowest BCUT2D eigenvalue weighted by Crippen LogP contribution is -2.44. The molecule has 0 unspecified atom stereocenters. The Morgan fingerprint density at radius 1 is 1.39 bits per heavy atom. The number of furan rings is 1. The third kappa shape index (κ3) is 1.60. The van der Waals surface area contributed by atoms with Crippen LogP contribution in [0.2, 0.25) is 0 Å². The van der Waals surface area contributed by atoms with E-state index in [9.17, 15) is 0 Å². The van der Waals surface area contributed by atoms with Gasteiger partial charge in [0.15, 0.2) is 5.58 Å². The number of rotatable bonds is 1. The molecule has 0 aliphatic carbocycles. The summed E-state index contributed by atoms with van der Waals surface area (Å²) in [5, 5.41) is 3.60. The standard InChI is InChI=1S/C14H17N3O/c1-4-15-12-2-5-17(9-10(1)12)11-7-14-13(16-8-11)3-6-18-14/h3,6-8,10,12,15H,1-2,4-5,9H2/t10-,12+/m1/s1. The van der Waals surface area contributed by atoms with E-state index in [1.54, 1.807) is 6.26 Å². The van der Waals surface area contributed by atoms with E-state index in [1.165, 1.54) is 25.1 Å². The van der Waals surface area contributed by atoms with Crippen molar-refractivity contribution in [2.24, 2.45) is 5.92 Å². The van der Waals surface area contributed by atoms with Crippen LogP contribution >= 0.6 is 0 Å². The van der Waals surface area contributed by atoms with Crippen molar-refractivity contribution in [1.29, 1.82) is 0 Å². The number of pyridine rings is 1. The van der Waals surface area contributed by atoms with Gasteiger partial charge in [-0.05, 0) is 25.3 Å². The summed E-state index contributed by atoms with van der Waals surface area (Å²) < 4.78 is 5.43. The molecule has 2 saturated heterocycles. The Bertz CT molecular complexity index is 565. The van der Waals surface area contributed by atoms with Crippen LogP contribution in [0, 0.1) is 5.92 Å². The molecule has 4 rings (SSSR count). The number of hydrogen-bond acceptors (Lipinski definition) is 4. The Hall–Kier alpha value is -1.55. The fraction of sp³-hybridized carbons (Fsp3) is 0.500. The van der Waals surface area contributed by atoms with Gasteiger partial charge in [0, 0.05) is 31.3 Å². The van der Waals surface area contributed by atoms with Crippen LogP contribution in [0.1, 0.15) is 12.8 Å². The highest BCUT2D eigenvalue weighted by Gasteiger charge is 2.32. The molecule has 4 heteroatoms. The minimum atomic E-state index is 0.738. The van der Waals surface area contributed by atoms with Crippen LogP contribution in [-0.2, 0) is 0 Å². The number of anilines is 1. The van der Waals surface area contributed by atoms with Gasteiger partial charge in [-0.15, -0.1) is 0 Å². The number of hydrogen-bond donors (Lipinski definition) is 1. The molecule has 0 aromatic carbocycles. The Balaban J connectivity index is 1.62. The van der Waals surface area contributed by atoms with E-state index in [-0.39, 0.29) is 0 Å². The highest BCUT2D eigenvalue weighted by Crippen LogP contribution is 2.29. The van der Waals surface area contributed by atoms with Crippen LogP contribution in [0.5, 0.6) is 0 Å². The Morgan fingerprint density at radius 2 is 2.39 bits per heavy atom. The minimum Gasteiger partial charge on any atom is -0.463 e. The maximum absolute atomic E-state index is 5.43. The van der Waals surface area contributed by atoms with Crippen molar-refractivity contribution >= 4 is 16.8 Å². The molecule has 4 nitrogen and oxygen atoms in total. The fourth-order valence-electron chi connectivity index (χ4n) is 3.29. The molecule has 0 radical (unpaired) electrons. The van der Waals surface area contributed by atoms with Gasteiger partial charge in [0.2, 0.25) is 0 Å². The van der Waals surface area contributed by atoms with Gasteiger partial charge in [-0.25, -0.2) is 0 Å². The Morgan fingerprint density at radius 3 is 3.39 bits per heavy atom. The average Bonchev–Trinajstić information content (AvgIpc) is 3.05. The molecule has 94 valence electrons. The van der Waals surface area contributed by atoms with Crippen LogP contribution < -0.4 is 10.2 Å². The molecular weight excluding hydrogens is 226 g/mol. The molecule has 1 N–H and O–H groups in total. The number of nitrogens with one attached hydrogen (secondary N) is 1. The van der Waals surface area contributed by atoms with Gasteiger partial charge >= 0.3 is 0 Å². The lowest BCUT2D eigenvalue weighted by molar-refractivity contribution is 0.376. The van der Waals surface area contributed by atoms with Gasteiger partial charge in [-0.3, -0.25) is 4.98 Å². The summed E-state index contributed by atoms with van der Waals surface area (Å²) in [7, 11) is 0. The van der Waals surface area contributed by atoms with Gasteiger partial charge in [-0.2, -0.15) is 0 Å². The normalized spacial score (nSPS) is 27.7. The van der Waals surface area contributed by atoms with E-state index in [0.717, 1.165) is 36.1 Å². The molecule has 0 amide bonds. The average molecular weight is 243 g/mol. The van der Waals surface area contributed by atoms with Crippen LogP contribution in [0.4, 0.5) is 5.69 Å². The largest absolute Gasteiger partial charge is 0.463 e. The summed E-state index contributed by atoms with van der Waals surface area (Å²) in [6.07, 6.45) is 6.22. The van der Waals surface area contributed by atoms with E-state index < -0.39 is 0 Å². The fourth-order valence-corrected chi connectivity index (χ4v) is 3.29. The summed E-state index contributed by atoms with van der Waals surface area (Å²) in [4.78, 5) is 6.90. The lowest BCUT2D eigenvalue weighted by atomic mass is 9.93. The zero-order valence-electron chi connectivity index (χ0n) is 10.3. The molecule has 4 heterocycles. The second-order valence-corrected chi connectivity index (χ2v) is 5.34. The predicted molar refractivity (Wildman–Crippen MR) is 70.7 cm³/mol. The minimum absolute atomic E-state index is 0.738. The lowest BCUT2D eigenvalue weighted by Gasteiger charge is -2.36. The molecular formula is C14H17N3O. The summed E-state index contributed by atoms with van der Waals surface area (Å²) >= 11 is 0. The first kappa shape index (κ1) is 10.4. The molecule has 2 aromatic rings. The smallest absolute Gasteiger partial charge is 0.154 e. The van der Waals surface area contributed by atoms with Crippen molar-refractivity contribution in [3.05, 3.63) is 24.6 Å². The van der Waals surface area contributed by atoms with Crippen molar-refractivity contribution in [3.8, 4) is 0 Å². The third-order valence-electron chi connectivity index (χ3n) is 4.31. The molecule has 18 heavy (non-hydrogen) atoms. The number of aromatic nitrogens is 1. The molecule has 0 saturated carbocycles. The van der Waals surface area contributed by atoms with Crippen molar-refractivity contribution in [3.63, 3.8) is 0 Å². The van der Waals surface area contributed by atoms with E-state index in [1.807, 2.05) is 12.3 Å². The summed E-state index contributed by atoms with van der Waals surface area (Å²) in [5.41, 5.74) is 3.03. The molecule has 2 aliphatic heterocycles. The number of fused-ring (bicyclic) bond motifs is 2. The summed E-state index contributed by atoms with van der Waals surface area (Å²) in [6.45, 7) is 3.44. The second-order valence-electron chi connectivity index (χ2n) is 5.34. The molecule has 2 atom stereocenters. The van der Waals surface area contributed by atoms with E-state index in [0.29, 0.717) is 0 Å². The van der Waals surface area contributed by atoms with Crippen LogP contribution in [0.25, 0.3) is 11.1 Å². The quantitative estimate of drug-likeness (QED) is 0.832. The summed E-state index contributed by atoms with van der Waals surface area (Å²) in [6, 6.07) is 4.76. The summed E-state index contributed by atoms with van der Waals surface area (Å²) in [5.74, 6) is 0.797. The highest BCUT2D eigenvalue weighted by atomic mass is 16.3. The van der Waals surface area contributed by atoms with Gasteiger partial charge < -0.3 is 14.6 Å². The van der Waals surface area contributed by atoms with Crippen molar-refractivity contribution in [1.82, 2.24) is 10.3 Å². The first-order valence-electron chi connectivity index (χ1n) is 6.72. The van der Waals surface area contributed by atoms with Gasteiger partial charge in [0.1, 0.15) is 5.52 Å². The Labute approximate surface area is 106 Å². The molecule has 2 fully saturated rings. The van der Waals surface area contributed by atoms with E-state index in [2.05, 4.69) is 21.3 Å². The molecule has 0 bridgehead atoms. The second kappa shape index (κ2) is 3.99. The maximum atomic E-state index is 5.43. The van der Waals surface area contributed by atoms with Gasteiger partial charge in [0.05, 0.1) is 18.1 Å². The van der Waals surface area contributed by atoms with Gasteiger partial charge in [0.25, 0.3) is 0 Å². The van der Waals surface area contributed by atoms with Crippen molar-refractivity contribution in [2.45, 2.75) is 18.9 Å². The molecule has 0 spiro atoms. The maximum Gasteiger partial charge on any atom is 0.154 e. The van der Waals surface area contributed by atoms with E-state index in [4.69, 9.17) is 4.42 Å². The number of piperidine rings is 1. The van der Waals surface area contributed by atoms with Crippen LogP contribution in [0.15, 0.2) is 29.0 Å². The first-order valence-corrected chi connectivity index (χ1v) is 6.72. The monoisotopic (exact) mass is 243 g/mol. The van der Waals surface area contributed by atoms with E-state index >= 15 is 0 Å². The van der Waals surface area contributed by atoms with Crippen LogP contribution in [0.3, 0.4) is 0 Å². The topological polar surface area (TPSA) is 41.3 Å². The van der Waals surface area contributed by atoms with Crippen molar-refractivity contribution in [2.75, 3.05) is 24.5 Å². The first-order chi connectivity index (χ1) is 8.90. The number of nitrogens with zero attached hydrogens (tertiary/aromatic N) is 2.